The molecule has 6 fully saturated rings. The monoisotopic (exact) mass is 723 g/mol. The van der Waals surface area contributed by atoms with Crippen molar-refractivity contribution < 1.29 is 18.3 Å². The van der Waals surface area contributed by atoms with Crippen molar-refractivity contribution in [2.24, 2.45) is 57.2 Å². The molecule has 0 bridgehead atoms. The van der Waals surface area contributed by atoms with Crippen LogP contribution in [0.3, 0.4) is 0 Å². The fourth-order valence-corrected chi connectivity index (χ4v) is 16.3. The second-order valence-electron chi connectivity index (χ2n) is 20.4. The summed E-state index contributed by atoms with van der Waals surface area (Å²) in [5, 5.41) is 13.7. The highest BCUT2D eigenvalue weighted by molar-refractivity contribution is 7.91. The van der Waals surface area contributed by atoms with Crippen LogP contribution in [-0.4, -0.2) is 67.6 Å². The fourth-order valence-electron chi connectivity index (χ4n) is 15.2. The van der Waals surface area contributed by atoms with Gasteiger partial charge in [0.2, 0.25) is 0 Å². The van der Waals surface area contributed by atoms with Gasteiger partial charge >= 0.3 is 5.97 Å². The summed E-state index contributed by atoms with van der Waals surface area (Å²) in [7, 11) is -2.94. The molecule has 5 aliphatic carbocycles. The number of hydrogen-bond donors (Lipinski definition) is 2. The fraction of sp³-hybridized carbons (Fsp3) is 0.841. The van der Waals surface area contributed by atoms with Crippen molar-refractivity contribution >= 4 is 15.8 Å². The minimum Gasteiger partial charge on any atom is -0.478 e. The third-order valence-electron chi connectivity index (χ3n) is 18.0. The maximum atomic E-state index is 12.1. The first kappa shape index (κ1) is 37.9. The summed E-state index contributed by atoms with van der Waals surface area (Å²) in [4.78, 5) is 14.1. The molecule has 7 heteroatoms. The van der Waals surface area contributed by atoms with E-state index < -0.39 is 15.8 Å². The van der Waals surface area contributed by atoms with Crippen LogP contribution in [0.25, 0.3) is 0 Å². The Bertz CT molecular complexity index is 1570. The first-order valence-electron chi connectivity index (χ1n) is 20.9. The predicted molar refractivity (Wildman–Crippen MR) is 208 cm³/mol. The van der Waals surface area contributed by atoms with Gasteiger partial charge in [-0.25, -0.2) is 13.2 Å². The van der Waals surface area contributed by atoms with Crippen molar-refractivity contribution in [3.05, 3.63) is 35.4 Å². The minimum atomic E-state index is -2.94. The summed E-state index contributed by atoms with van der Waals surface area (Å²) in [6.45, 7) is 22.1. The molecule has 1 aromatic carbocycles. The molecule has 2 N–H and O–H groups in total. The number of aromatic carboxylic acids is 1. The van der Waals surface area contributed by atoms with Crippen LogP contribution in [0.1, 0.15) is 147 Å². The lowest BCUT2D eigenvalue weighted by molar-refractivity contribution is -0.235. The Hall–Kier alpha value is -1.44. The van der Waals surface area contributed by atoms with Crippen LogP contribution in [0.4, 0.5) is 0 Å². The molecular weight excluding hydrogens is 653 g/mol. The van der Waals surface area contributed by atoms with Crippen molar-refractivity contribution in [2.75, 3.05) is 32.4 Å². The van der Waals surface area contributed by atoms with Gasteiger partial charge in [0, 0.05) is 24.9 Å². The summed E-state index contributed by atoms with van der Waals surface area (Å²) in [5.41, 5.74) is 3.13. The minimum absolute atomic E-state index is 0.157. The molecule has 1 heterocycles. The van der Waals surface area contributed by atoms with Gasteiger partial charge in [0.15, 0.2) is 0 Å². The van der Waals surface area contributed by atoms with E-state index in [-0.39, 0.29) is 16.2 Å². The van der Waals surface area contributed by atoms with Gasteiger partial charge < -0.3 is 15.3 Å². The largest absolute Gasteiger partial charge is 0.478 e. The Labute approximate surface area is 310 Å². The molecule has 0 unspecified atom stereocenters. The summed E-state index contributed by atoms with van der Waals surface area (Å²) in [5.74, 6) is 4.01. The van der Waals surface area contributed by atoms with Gasteiger partial charge in [-0.3, -0.25) is 0 Å². The van der Waals surface area contributed by atoms with Gasteiger partial charge in [-0.2, -0.15) is 0 Å². The summed E-state index contributed by atoms with van der Waals surface area (Å²) in [6.07, 6.45) is 16.1. The van der Waals surface area contributed by atoms with Crippen molar-refractivity contribution in [3.63, 3.8) is 0 Å². The van der Waals surface area contributed by atoms with E-state index in [1.165, 1.54) is 76.0 Å². The lowest BCUT2D eigenvalue weighted by atomic mass is 9.32. The van der Waals surface area contributed by atoms with Crippen molar-refractivity contribution in [2.45, 2.75) is 142 Å². The number of hydrogen-bond acceptors (Lipinski definition) is 5. The maximum Gasteiger partial charge on any atom is 0.335 e. The molecule has 0 spiro atoms. The molecule has 0 aromatic heterocycles. The molecule has 6 aliphatic rings. The van der Waals surface area contributed by atoms with E-state index >= 15 is 0 Å². The zero-order valence-electron chi connectivity index (χ0n) is 33.3. The standard InChI is InChI=1S/C44H70N2O4S/c1-29(2)33-15-22-44(45-25-28-46-26-18-32(19-27-46)51(8,49)50)24-23-42(6)35(38(33)44)13-14-37-41(5)20-16-34(30-9-11-31(12-10-30)39(47)48)40(3,4)36(41)17-21-43(37,42)7/h9-12,29,32-38,45H,13-28H2,1-8H3,(H,47,48)/t33-,34-,35+,36-,37+,38+,41-,42+,43+,44-/m0/s1. The van der Waals surface area contributed by atoms with Crippen molar-refractivity contribution in [1.29, 1.82) is 0 Å². The highest BCUT2D eigenvalue weighted by Gasteiger charge is 2.71. The molecule has 5 saturated carbocycles. The Balaban J connectivity index is 1.10. The zero-order valence-corrected chi connectivity index (χ0v) is 34.1. The van der Waals surface area contributed by atoms with E-state index in [9.17, 15) is 18.3 Å². The maximum absolute atomic E-state index is 12.1. The first-order valence-corrected chi connectivity index (χ1v) is 22.8. The van der Waals surface area contributed by atoms with E-state index in [1.54, 1.807) is 0 Å². The normalized spacial score (nSPS) is 42.8. The van der Waals surface area contributed by atoms with Crippen LogP contribution < -0.4 is 5.32 Å². The summed E-state index contributed by atoms with van der Waals surface area (Å²) < 4.78 is 24.3. The predicted octanol–water partition coefficient (Wildman–Crippen LogP) is 9.06. The molecule has 1 saturated heterocycles. The second-order valence-corrected chi connectivity index (χ2v) is 22.8. The van der Waals surface area contributed by atoms with Crippen molar-refractivity contribution in [3.8, 4) is 0 Å². The number of sulfone groups is 1. The van der Waals surface area contributed by atoms with Gasteiger partial charge in [0.1, 0.15) is 9.84 Å². The number of rotatable bonds is 8. The average Bonchev–Trinajstić information content (AvgIpc) is 3.45. The number of carbonyl (C=O) groups is 1. The molecule has 7 rings (SSSR count). The molecule has 1 aliphatic heterocycles. The number of likely N-dealkylation sites (tertiary alicyclic amines) is 1. The topological polar surface area (TPSA) is 86.7 Å². The van der Waals surface area contributed by atoms with Gasteiger partial charge in [-0.15, -0.1) is 0 Å². The van der Waals surface area contributed by atoms with E-state index in [4.69, 9.17) is 0 Å². The van der Waals surface area contributed by atoms with E-state index in [0.29, 0.717) is 39.6 Å². The van der Waals surface area contributed by atoms with Crippen molar-refractivity contribution in [1.82, 2.24) is 10.2 Å². The van der Waals surface area contributed by atoms with Crippen LogP contribution in [0.15, 0.2) is 24.3 Å². The van der Waals surface area contributed by atoms with Gasteiger partial charge in [-0.1, -0.05) is 60.6 Å². The highest BCUT2D eigenvalue weighted by Crippen LogP contribution is 2.77. The number of fused-ring (bicyclic) bond motifs is 7. The van der Waals surface area contributed by atoms with E-state index in [2.05, 4.69) is 70.8 Å². The number of piperidine rings is 1. The molecule has 0 radical (unpaired) electrons. The Kier molecular flexibility index (Phi) is 9.73. The molecule has 0 amide bonds. The lowest BCUT2D eigenvalue weighted by Gasteiger charge is -2.73. The van der Waals surface area contributed by atoms with Crippen LogP contribution in [-0.2, 0) is 9.84 Å². The second kappa shape index (κ2) is 13.1. The average molecular weight is 723 g/mol. The van der Waals surface area contributed by atoms with E-state index in [1.807, 2.05) is 12.1 Å². The molecular formula is C44H70N2O4S. The van der Waals surface area contributed by atoms with Gasteiger partial charge in [-0.05, 0) is 171 Å². The van der Waals surface area contributed by atoms with Gasteiger partial charge in [0.05, 0.1) is 10.8 Å². The summed E-state index contributed by atoms with van der Waals surface area (Å²) >= 11 is 0. The quantitative estimate of drug-likeness (QED) is 0.279. The first-order chi connectivity index (χ1) is 23.9. The number of nitrogens with one attached hydrogen (secondary N) is 1. The Morgan fingerprint density at radius 2 is 1.53 bits per heavy atom. The highest BCUT2D eigenvalue weighted by atomic mass is 32.2. The molecule has 10 atom stereocenters. The number of benzene rings is 1. The SMILES string of the molecule is CC(C)[C@@H]1CC[C@]2(NCCN3CCC(S(C)(=O)=O)CC3)CC[C@]3(C)[C@H](CC[C@@H]4[C@@]5(C)CC[C@@H](c6ccc(C(=O)O)cc6)C(C)(C)[C@@H]5CC[C@]43C)[C@@H]12. The lowest BCUT2D eigenvalue weighted by Crippen LogP contribution is -2.68. The molecule has 51 heavy (non-hydrogen) atoms. The van der Waals surface area contributed by atoms with E-state index in [0.717, 1.165) is 62.7 Å². The zero-order chi connectivity index (χ0) is 36.8. The third-order valence-corrected chi connectivity index (χ3v) is 19.7. The number of nitrogens with zero attached hydrogens (tertiary/aromatic N) is 1. The smallest absolute Gasteiger partial charge is 0.335 e. The number of carboxylic acid groups (broad SMARTS) is 1. The van der Waals surface area contributed by atoms with Crippen LogP contribution in [0.5, 0.6) is 0 Å². The van der Waals surface area contributed by atoms with Crippen LogP contribution in [0, 0.1) is 57.2 Å². The summed E-state index contributed by atoms with van der Waals surface area (Å²) in [6, 6.07) is 7.84. The Morgan fingerprint density at radius 1 is 0.843 bits per heavy atom. The third kappa shape index (κ3) is 5.99. The molecule has 1 aromatic rings. The van der Waals surface area contributed by atoms with Crippen LogP contribution >= 0.6 is 0 Å². The molecule has 6 nitrogen and oxygen atoms in total. The van der Waals surface area contributed by atoms with Gasteiger partial charge in [0.25, 0.3) is 0 Å². The van der Waals surface area contributed by atoms with Crippen LogP contribution in [0.2, 0.25) is 0 Å². The number of carboxylic acids is 1. The Morgan fingerprint density at radius 3 is 2.16 bits per heavy atom. The molecule has 286 valence electrons.